The van der Waals surface area contributed by atoms with Crippen molar-refractivity contribution in [2.24, 2.45) is 23.5 Å². The van der Waals surface area contributed by atoms with Crippen molar-refractivity contribution in [2.75, 3.05) is 6.54 Å². The van der Waals surface area contributed by atoms with Crippen molar-refractivity contribution >= 4 is 0 Å². The van der Waals surface area contributed by atoms with Crippen molar-refractivity contribution in [1.29, 1.82) is 0 Å². The minimum absolute atomic E-state index is 0.368. The molecule has 4 atom stereocenters. The predicted octanol–water partition coefficient (Wildman–Crippen LogP) is 2.11. The second-order valence-corrected chi connectivity index (χ2v) is 4.43. The van der Waals surface area contributed by atoms with Gasteiger partial charge in [0.1, 0.15) is 6.17 Å². The fourth-order valence-corrected chi connectivity index (χ4v) is 3.11. The first-order valence-corrected chi connectivity index (χ1v) is 5.15. The molecule has 0 aromatic carbocycles. The van der Waals surface area contributed by atoms with Crippen molar-refractivity contribution in [2.45, 2.75) is 38.3 Å². The fourth-order valence-electron chi connectivity index (χ4n) is 3.11. The fraction of sp³-hybridized carbons (Fsp3) is 1.00. The Bertz CT molecular complexity index is 160. The highest BCUT2D eigenvalue weighted by Crippen LogP contribution is 2.50. The molecule has 0 aromatic rings. The van der Waals surface area contributed by atoms with E-state index in [-0.39, 0.29) is 0 Å². The van der Waals surface area contributed by atoms with Crippen molar-refractivity contribution in [3.05, 3.63) is 0 Å². The van der Waals surface area contributed by atoms with Gasteiger partial charge in [-0.05, 0) is 50.0 Å². The SMILES string of the molecule is NCCC(F)C1CC2CCC1C2. The molecule has 2 aliphatic rings. The molecule has 2 aliphatic carbocycles. The Morgan fingerprint density at radius 2 is 2.17 bits per heavy atom. The van der Waals surface area contributed by atoms with Gasteiger partial charge in [0, 0.05) is 0 Å². The monoisotopic (exact) mass is 171 g/mol. The van der Waals surface area contributed by atoms with Gasteiger partial charge in [-0.3, -0.25) is 0 Å². The van der Waals surface area contributed by atoms with E-state index in [1.807, 2.05) is 0 Å². The van der Waals surface area contributed by atoms with Crippen LogP contribution in [0.15, 0.2) is 0 Å². The molecule has 0 aliphatic heterocycles. The van der Waals surface area contributed by atoms with Gasteiger partial charge in [0.2, 0.25) is 0 Å². The summed E-state index contributed by atoms with van der Waals surface area (Å²) in [6, 6.07) is 0. The molecule has 2 N–H and O–H groups in total. The van der Waals surface area contributed by atoms with E-state index < -0.39 is 6.17 Å². The van der Waals surface area contributed by atoms with E-state index in [1.165, 1.54) is 19.3 Å². The Hall–Kier alpha value is -0.110. The first kappa shape index (κ1) is 8.49. The smallest absolute Gasteiger partial charge is 0.104 e. The van der Waals surface area contributed by atoms with Crippen molar-refractivity contribution < 1.29 is 4.39 Å². The van der Waals surface area contributed by atoms with E-state index in [2.05, 4.69) is 0 Å². The van der Waals surface area contributed by atoms with Crippen LogP contribution < -0.4 is 5.73 Å². The van der Waals surface area contributed by atoms with E-state index >= 15 is 0 Å². The lowest BCUT2D eigenvalue weighted by Crippen LogP contribution is -2.24. The summed E-state index contributed by atoms with van der Waals surface area (Å²) in [5.74, 6) is 1.93. The average molecular weight is 171 g/mol. The molecule has 2 saturated carbocycles. The van der Waals surface area contributed by atoms with Gasteiger partial charge in [-0.15, -0.1) is 0 Å². The Morgan fingerprint density at radius 1 is 1.33 bits per heavy atom. The summed E-state index contributed by atoms with van der Waals surface area (Å²) in [7, 11) is 0. The maximum atomic E-state index is 13.5. The number of alkyl halides is 1. The molecule has 0 spiro atoms. The van der Waals surface area contributed by atoms with Gasteiger partial charge in [-0.2, -0.15) is 0 Å². The molecule has 12 heavy (non-hydrogen) atoms. The third-order valence-corrected chi connectivity index (χ3v) is 3.70. The molecule has 1 nitrogen and oxygen atoms in total. The minimum Gasteiger partial charge on any atom is -0.330 e. The molecule has 2 bridgehead atoms. The lowest BCUT2D eigenvalue weighted by atomic mass is 9.84. The maximum absolute atomic E-state index is 13.5. The molecule has 4 unspecified atom stereocenters. The van der Waals surface area contributed by atoms with Crippen LogP contribution in [-0.2, 0) is 0 Å². The van der Waals surface area contributed by atoms with Crippen LogP contribution in [0.1, 0.15) is 32.1 Å². The second kappa shape index (κ2) is 3.33. The summed E-state index contributed by atoms with van der Waals surface area (Å²) in [5.41, 5.74) is 5.36. The number of fused-ring (bicyclic) bond motifs is 2. The van der Waals surface area contributed by atoms with Crippen LogP contribution in [0.4, 0.5) is 4.39 Å². The van der Waals surface area contributed by atoms with Crippen molar-refractivity contribution in [3.8, 4) is 0 Å². The zero-order valence-electron chi connectivity index (χ0n) is 7.51. The van der Waals surface area contributed by atoms with Crippen LogP contribution in [0.25, 0.3) is 0 Å². The quantitative estimate of drug-likeness (QED) is 0.691. The molecule has 0 radical (unpaired) electrons. The molecule has 2 fully saturated rings. The van der Waals surface area contributed by atoms with Gasteiger partial charge >= 0.3 is 0 Å². The molecule has 0 heterocycles. The molecular weight excluding hydrogens is 153 g/mol. The summed E-state index contributed by atoms with van der Waals surface area (Å²) in [6.07, 6.45) is 5.05. The van der Waals surface area contributed by atoms with E-state index in [1.54, 1.807) is 0 Å². The van der Waals surface area contributed by atoms with E-state index in [4.69, 9.17) is 5.73 Å². The first-order valence-electron chi connectivity index (χ1n) is 5.15. The Balaban J connectivity index is 1.89. The van der Waals surface area contributed by atoms with Gasteiger partial charge in [0.15, 0.2) is 0 Å². The Kier molecular flexibility index (Phi) is 2.35. The van der Waals surface area contributed by atoms with E-state index in [9.17, 15) is 4.39 Å². The third-order valence-electron chi connectivity index (χ3n) is 3.70. The van der Waals surface area contributed by atoms with Gasteiger partial charge < -0.3 is 5.73 Å². The van der Waals surface area contributed by atoms with Crippen LogP contribution in [0.5, 0.6) is 0 Å². The van der Waals surface area contributed by atoms with E-state index in [0.717, 1.165) is 12.3 Å². The van der Waals surface area contributed by atoms with Crippen LogP contribution >= 0.6 is 0 Å². The predicted molar refractivity (Wildman–Crippen MR) is 47.5 cm³/mol. The van der Waals surface area contributed by atoms with Gasteiger partial charge in [-0.25, -0.2) is 4.39 Å². The average Bonchev–Trinajstić information content (AvgIpc) is 2.64. The normalized spacial score (nSPS) is 42.0. The molecular formula is C10H18FN. The number of hydrogen-bond acceptors (Lipinski definition) is 1. The highest BCUT2D eigenvalue weighted by molar-refractivity contribution is 4.93. The summed E-state index contributed by atoms with van der Waals surface area (Å²) in [6.45, 7) is 0.509. The number of hydrogen-bond donors (Lipinski definition) is 1. The van der Waals surface area contributed by atoms with Gasteiger partial charge in [0.05, 0.1) is 0 Å². The first-order chi connectivity index (χ1) is 5.81. The second-order valence-electron chi connectivity index (χ2n) is 4.43. The van der Waals surface area contributed by atoms with E-state index in [0.29, 0.717) is 24.8 Å². The van der Waals surface area contributed by atoms with Crippen LogP contribution in [0.3, 0.4) is 0 Å². The topological polar surface area (TPSA) is 26.0 Å². The molecule has 0 amide bonds. The Labute approximate surface area is 73.5 Å². The molecule has 70 valence electrons. The number of halogens is 1. The minimum atomic E-state index is -0.606. The lowest BCUT2D eigenvalue weighted by Gasteiger charge is -2.24. The van der Waals surface area contributed by atoms with Crippen LogP contribution in [0, 0.1) is 17.8 Å². The van der Waals surface area contributed by atoms with Gasteiger partial charge in [0.25, 0.3) is 0 Å². The Morgan fingerprint density at radius 3 is 2.67 bits per heavy atom. The number of rotatable bonds is 3. The van der Waals surface area contributed by atoms with Crippen LogP contribution in [-0.4, -0.2) is 12.7 Å². The summed E-state index contributed by atoms with van der Waals surface area (Å²) >= 11 is 0. The summed E-state index contributed by atoms with van der Waals surface area (Å²) in [4.78, 5) is 0. The summed E-state index contributed by atoms with van der Waals surface area (Å²) in [5, 5.41) is 0. The molecule has 2 heteroatoms. The standard InChI is InChI=1S/C10H18FN/c11-10(3-4-12)9-6-7-1-2-8(9)5-7/h7-10H,1-6,12H2. The van der Waals surface area contributed by atoms with Crippen molar-refractivity contribution in [3.63, 3.8) is 0 Å². The zero-order valence-corrected chi connectivity index (χ0v) is 7.51. The summed E-state index contributed by atoms with van der Waals surface area (Å²) < 4.78 is 13.5. The number of nitrogens with two attached hydrogens (primary N) is 1. The third kappa shape index (κ3) is 1.37. The maximum Gasteiger partial charge on any atom is 0.104 e. The van der Waals surface area contributed by atoms with Gasteiger partial charge in [-0.1, -0.05) is 6.42 Å². The molecule has 0 saturated heterocycles. The highest BCUT2D eigenvalue weighted by atomic mass is 19.1. The largest absolute Gasteiger partial charge is 0.330 e. The molecule has 0 aromatic heterocycles. The zero-order chi connectivity index (χ0) is 8.55. The molecule has 2 rings (SSSR count). The van der Waals surface area contributed by atoms with Crippen molar-refractivity contribution in [1.82, 2.24) is 0 Å². The lowest BCUT2D eigenvalue weighted by molar-refractivity contribution is 0.158. The van der Waals surface area contributed by atoms with Crippen LogP contribution in [0.2, 0.25) is 0 Å². The highest BCUT2D eigenvalue weighted by Gasteiger charge is 2.42.